The molecule has 0 N–H and O–H groups in total. The fourth-order valence-corrected chi connectivity index (χ4v) is 0.451. The highest BCUT2D eigenvalue weighted by molar-refractivity contribution is 5.96. The van der Waals surface area contributed by atoms with Crippen molar-refractivity contribution in [2.24, 2.45) is 11.1 Å². The Balaban J connectivity index is 3.75. The van der Waals surface area contributed by atoms with E-state index in [9.17, 15) is 9.59 Å². The average Bonchev–Trinajstić information content (AvgIpc) is 1.87. The van der Waals surface area contributed by atoms with Crippen LogP contribution in [0.1, 0.15) is 20.3 Å². The van der Waals surface area contributed by atoms with Gasteiger partial charge in [-0.25, -0.2) is 4.79 Å². The molecule has 0 bridgehead atoms. The smallest absolute Gasteiger partial charge is 0.318 e. The van der Waals surface area contributed by atoms with Crippen molar-refractivity contribution in [1.82, 2.24) is 0 Å². The summed E-state index contributed by atoms with van der Waals surface area (Å²) in [6.07, 6.45) is -0.226. The lowest BCUT2D eigenvalue weighted by Crippen LogP contribution is -2.13. The standard InChI is InChI=1S/C7H11NO3/c1-5(2)6(9)4-7(10)11-8-3/h5H,3-4H2,1-2H3. The van der Waals surface area contributed by atoms with E-state index < -0.39 is 5.97 Å². The van der Waals surface area contributed by atoms with Crippen LogP contribution in [0.2, 0.25) is 0 Å². The summed E-state index contributed by atoms with van der Waals surface area (Å²) >= 11 is 0. The predicted octanol–water partition coefficient (Wildman–Crippen LogP) is 0.760. The second-order valence-electron chi connectivity index (χ2n) is 2.39. The summed E-state index contributed by atoms with van der Waals surface area (Å²) in [7, 11) is 0. The zero-order chi connectivity index (χ0) is 8.85. The summed E-state index contributed by atoms with van der Waals surface area (Å²) in [5, 5.41) is 2.90. The molecule has 0 amide bonds. The van der Waals surface area contributed by atoms with E-state index in [1.54, 1.807) is 13.8 Å². The fourth-order valence-electron chi connectivity index (χ4n) is 0.451. The molecule has 0 aromatic heterocycles. The second kappa shape index (κ2) is 4.60. The number of ketones is 1. The van der Waals surface area contributed by atoms with Gasteiger partial charge in [-0.15, -0.1) is 0 Å². The van der Waals surface area contributed by atoms with Gasteiger partial charge in [0.15, 0.2) is 0 Å². The molecule has 0 unspecified atom stereocenters. The molecule has 0 saturated heterocycles. The third-order valence-electron chi connectivity index (χ3n) is 1.13. The van der Waals surface area contributed by atoms with E-state index in [0.717, 1.165) is 0 Å². The molecule has 0 spiro atoms. The topological polar surface area (TPSA) is 55.7 Å². The SMILES string of the molecule is C=NOC(=O)CC(=O)C(C)C. The van der Waals surface area contributed by atoms with Gasteiger partial charge in [0, 0.05) is 12.6 Å². The van der Waals surface area contributed by atoms with Crippen LogP contribution >= 0.6 is 0 Å². The summed E-state index contributed by atoms with van der Waals surface area (Å²) < 4.78 is 0. The Morgan fingerprint density at radius 3 is 2.45 bits per heavy atom. The van der Waals surface area contributed by atoms with Crippen LogP contribution in [0.3, 0.4) is 0 Å². The number of rotatable bonds is 4. The maximum Gasteiger partial charge on any atom is 0.342 e. The Hall–Kier alpha value is -1.19. The van der Waals surface area contributed by atoms with E-state index in [1.165, 1.54) is 0 Å². The first-order chi connectivity index (χ1) is 5.07. The summed E-state index contributed by atoms with van der Waals surface area (Å²) in [5.41, 5.74) is 0. The van der Waals surface area contributed by atoms with Gasteiger partial charge in [-0.3, -0.25) is 4.79 Å². The summed E-state index contributed by atoms with van der Waals surface area (Å²) in [6, 6.07) is 0. The van der Waals surface area contributed by atoms with Crippen LogP contribution in [0.25, 0.3) is 0 Å². The lowest BCUT2D eigenvalue weighted by molar-refractivity contribution is -0.146. The van der Waals surface area contributed by atoms with Crippen molar-refractivity contribution in [3.63, 3.8) is 0 Å². The van der Waals surface area contributed by atoms with Crippen LogP contribution in [0.15, 0.2) is 5.16 Å². The first-order valence-corrected chi connectivity index (χ1v) is 3.26. The number of hydrogen-bond acceptors (Lipinski definition) is 4. The summed E-state index contributed by atoms with van der Waals surface area (Å²) in [6.45, 7) is 6.39. The molecule has 4 nitrogen and oxygen atoms in total. The van der Waals surface area contributed by atoms with Crippen molar-refractivity contribution in [3.05, 3.63) is 0 Å². The molecule has 4 heteroatoms. The van der Waals surface area contributed by atoms with E-state index >= 15 is 0 Å². The van der Waals surface area contributed by atoms with Crippen LogP contribution < -0.4 is 0 Å². The van der Waals surface area contributed by atoms with Crippen molar-refractivity contribution < 1.29 is 14.4 Å². The largest absolute Gasteiger partial charge is 0.342 e. The van der Waals surface area contributed by atoms with Crippen molar-refractivity contribution in [3.8, 4) is 0 Å². The Labute approximate surface area is 65.2 Å². The Morgan fingerprint density at radius 2 is 2.09 bits per heavy atom. The van der Waals surface area contributed by atoms with Crippen LogP contribution in [0, 0.1) is 5.92 Å². The Bertz CT molecular complexity index is 175. The van der Waals surface area contributed by atoms with E-state index in [2.05, 4.69) is 16.7 Å². The van der Waals surface area contributed by atoms with E-state index in [4.69, 9.17) is 0 Å². The quantitative estimate of drug-likeness (QED) is 0.262. The maximum atomic E-state index is 10.9. The molecule has 11 heavy (non-hydrogen) atoms. The number of carbonyl (C=O) groups excluding carboxylic acids is 2. The molecule has 0 atom stereocenters. The molecule has 0 aliphatic heterocycles. The van der Waals surface area contributed by atoms with Crippen LogP contribution in [0.5, 0.6) is 0 Å². The third kappa shape index (κ3) is 4.25. The number of nitrogens with zero attached hydrogens (tertiary/aromatic N) is 1. The number of hydrogen-bond donors (Lipinski definition) is 0. The molecule has 0 aromatic rings. The monoisotopic (exact) mass is 157 g/mol. The number of carbonyl (C=O) groups is 2. The van der Waals surface area contributed by atoms with Crippen LogP contribution in [-0.2, 0) is 14.4 Å². The van der Waals surface area contributed by atoms with Crippen LogP contribution in [-0.4, -0.2) is 18.5 Å². The zero-order valence-corrected chi connectivity index (χ0v) is 6.66. The number of Topliss-reactive ketones (excluding diaryl/α,β-unsaturated/α-hetero) is 1. The van der Waals surface area contributed by atoms with Crippen molar-refractivity contribution in [2.45, 2.75) is 20.3 Å². The predicted molar refractivity (Wildman–Crippen MR) is 40.1 cm³/mol. The molecule has 0 saturated carbocycles. The Kier molecular flexibility index (Phi) is 4.10. The third-order valence-corrected chi connectivity index (χ3v) is 1.13. The average molecular weight is 157 g/mol. The Morgan fingerprint density at radius 1 is 1.55 bits per heavy atom. The van der Waals surface area contributed by atoms with Gasteiger partial charge in [0.2, 0.25) is 0 Å². The zero-order valence-electron chi connectivity index (χ0n) is 6.66. The van der Waals surface area contributed by atoms with Gasteiger partial charge in [-0.1, -0.05) is 19.0 Å². The van der Waals surface area contributed by atoms with E-state index in [0.29, 0.717) is 0 Å². The lowest BCUT2D eigenvalue weighted by Gasteiger charge is -2.00. The molecule has 0 fully saturated rings. The molecule has 0 rings (SSSR count). The van der Waals surface area contributed by atoms with Gasteiger partial charge in [0.05, 0.1) is 0 Å². The first-order valence-electron chi connectivity index (χ1n) is 3.26. The highest BCUT2D eigenvalue weighted by Gasteiger charge is 2.13. The van der Waals surface area contributed by atoms with Crippen molar-refractivity contribution in [1.29, 1.82) is 0 Å². The van der Waals surface area contributed by atoms with E-state index in [1.807, 2.05) is 0 Å². The molecule has 62 valence electrons. The maximum absolute atomic E-state index is 10.9. The minimum atomic E-state index is -0.654. The molecular weight excluding hydrogens is 146 g/mol. The van der Waals surface area contributed by atoms with Gasteiger partial charge in [0.25, 0.3) is 0 Å². The molecule has 0 radical (unpaired) electrons. The van der Waals surface area contributed by atoms with Crippen molar-refractivity contribution in [2.75, 3.05) is 0 Å². The van der Waals surface area contributed by atoms with Gasteiger partial charge in [-0.05, 0) is 0 Å². The minimum absolute atomic E-state index is 0.146. The fraction of sp³-hybridized carbons (Fsp3) is 0.571. The summed E-state index contributed by atoms with van der Waals surface area (Å²) in [5.74, 6) is -0.954. The number of oxime groups is 1. The molecule has 0 aromatic carbocycles. The van der Waals surface area contributed by atoms with Gasteiger partial charge >= 0.3 is 5.97 Å². The lowest BCUT2D eigenvalue weighted by atomic mass is 10.1. The van der Waals surface area contributed by atoms with Gasteiger partial charge in [-0.2, -0.15) is 0 Å². The first kappa shape index (κ1) is 9.81. The molecular formula is C7H11NO3. The highest BCUT2D eigenvalue weighted by atomic mass is 16.7. The second-order valence-corrected chi connectivity index (χ2v) is 2.39. The normalized spacial score (nSPS) is 9.36. The summed E-state index contributed by atoms with van der Waals surface area (Å²) in [4.78, 5) is 25.6. The highest BCUT2D eigenvalue weighted by Crippen LogP contribution is 1.99. The van der Waals surface area contributed by atoms with Crippen LogP contribution in [0.4, 0.5) is 0 Å². The molecule has 0 aliphatic rings. The molecule has 0 aliphatic carbocycles. The molecule has 0 heterocycles. The van der Waals surface area contributed by atoms with E-state index in [-0.39, 0.29) is 18.1 Å². The van der Waals surface area contributed by atoms with Gasteiger partial charge in [0.1, 0.15) is 12.2 Å². The van der Waals surface area contributed by atoms with Crippen molar-refractivity contribution >= 4 is 18.5 Å². The van der Waals surface area contributed by atoms with Gasteiger partial charge < -0.3 is 4.84 Å². The minimum Gasteiger partial charge on any atom is -0.318 e.